The van der Waals surface area contributed by atoms with Crippen LogP contribution in [0.2, 0.25) is 0 Å². The number of hydrogen-bond donors (Lipinski definition) is 1. The Kier molecular flexibility index (Phi) is 7.54. The van der Waals surface area contributed by atoms with Gasteiger partial charge in [0.05, 0.1) is 18.4 Å². The molecule has 1 N–H and O–H groups in total. The Morgan fingerprint density at radius 1 is 1.25 bits per heavy atom. The molecule has 0 aliphatic carbocycles. The number of ether oxygens (including phenoxy) is 1. The average Bonchev–Trinajstić information content (AvgIpc) is 3.15. The normalized spacial score (nSPS) is 17.4. The van der Waals surface area contributed by atoms with Gasteiger partial charge < -0.3 is 14.7 Å². The molecule has 1 aliphatic rings. The van der Waals surface area contributed by atoms with Crippen LogP contribution < -0.4 is 0 Å². The second-order valence-electron chi connectivity index (χ2n) is 6.97. The molecule has 0 saturated carbocycles. The Hall–Kier alpha value is -2.28. The number of aliphatic hydroxyl groups excluding tert-OH is 1. The highest BCUT2D eigenvalue weighted by molar-refractivity contribution is 6.01. The number of hydrogen-bond acceptors (Lipinski definition) is 5. The highest BCUT2D eigenvalue weighted by Crippen LogP contribution is 2.19. The van der Waals surface area contributed by atoms with Crippen LogP contribution in [0.3, 0.4) is 0 Å². The van der Waals surface area contributed by atoms with Crippen molar-refractivity contribution in [1.82, 2.24) is 4.90 Å². The van der Waals surface area contributed by atoms with Crippen LogP contribution in [-0.2, 0) is 16.1 Å². The van der Waals surface area contributed by atoms with Gasteiger partial charge in [0.25, 0.3) is 0 Å². The third kappa shape index (κ3) is 6.12. The third-order valence-corrected chi connectivity index (χ3v) is 4.58. The molecule has 1 aliphatic heterocycles. The average molecular weight is 386 g/mol. The molecule has 5 nitrogen and oxygen atoms in total. The van der Waals surface area contributed by atoms with E-state index in [9.17, 15) is 9.50 Å². The Labute approximate surface area is 165 Å². The maximum Gasteiger partial charge on any atom is 0.145 e. The molecular formula is C22H27FN2O3. The van der Waals surface area contributed by atoms with Gasteiger partial charge in [0.15, 0.2) is 0 Å². The monoisotopic (exact) mass is 386 g/mol. The molecule has 150 valence electrons. The van der Waals surface area contributed by atoms with Gasteiger partial charge in [-0.15, -0.1) is 0 Å². The van der Waals surface area contributed by atoms with Crippen molar-refractivity contribution in [3.63, 3.8) is 0 Å². The van der Waals surface area contributed by atoms with Crippen molar-refractivity contribution in [1.29, 1.82) is 0 Å². The van der Waals surface area contributed by atoms with E-state index in [4.69, 9.17) is 9.57 Å². The molecule has 1 heterocycles. The maximum absolute atomic E-state index is 13.6. The molecule has 0 amide bonds. The van der Waals surface area contributed by atoms with E-state index in [2.05, 4.69) is 10.1 Å². The van der Waals surface area contributed by atoms with E-state index in [0.29, 0.717) is 32.7 Å². The quantitative estimate of drug-likeness (QED) is 0.681. The number of rotatable bonds is 10. The van der Waals surface area contributed by atoms with Crippen LogP contribution in [0, 0.1) is 5.82 Å². The van der Waals surface area contributed by atoms with Crippen molar-refractivity contribution >= 4 is 5.71 Å². The SMILES string of the molecule is CCOC[C@H](O)CN(Cc1cccc(F)c1)C[C@H]1CC(c2ccccc2)=NO1. The lowest BCUT2D eigenvalue weighted by molar-refractivity contribution is 0.000479. The summed E-state index contributed by atoms with van der Waals surface area (Å²) in [6.07, 6.45) is -0.0296. The van der Waals surface area contributed by atoms with Crippen molar-refractivity contribution in [2.75, 3.05) is 26.3 Å². The van der Waals surface area contributed by atoms with Crippen LogP contribution in [0.25, 0.3) is 0 Å². The largest absolute Gasteiger partial charge is 0.390 e. The zero-order valence-corrected chi connectivity index (χ0v) is 16.1. The molecule has 0 aromatic heterocycles. The molecular weight excluding hydrogens is 359 g/mol. The van der Waals surface area contributed by atoms with Gasteiger partial charge in [-0.25, -0.2) is 4.39 Å². The molecule has 0 bridgehead atoms. The Bertz CT molecular complexity index is 769. The molecule has 0 saturated heterocycles. The summed E-state index contributed by atoms with van der Waals surface area (Å²) in [5, 5.41) is 14.5. The third-order valence-electron chi connectivity index (χ3n) is 4.58. The standard InChI is InChI=1S/C22H27FN2O3/c1-2-27-16-20(26)14-25(13-17-7-6-10-19(23)11-17)15-21-12-22(24-28-21)18-8-4-3-5-9-18/h3-11,20-21,26H,2,12-16H2,1H3/t20-,21-/m1/s1. The van der Waals surface area contributed by atoms with E-state index >= 15 is 0 Å². The minimum absolute atomic E-state index is 0.108. The number of benzene rings is 2. The van der Waals surface area contributed by atoms with Gasteiger partial charge in [-0.2, -0.15) is 0 Å². The smallest absolute Gasteiger partial charge is 0.145 e. The van der Waals surface area contributed by atoms with Gasteiger partial charge in [0.1, 0.15) is 11.9 Å². The molecule has 28 heavy (non-hydrogen) atoms. The first-order valence-corrected chi connectivity index (χ1v) is 9.64. The molecule has 2 atom stereocenters. The summed E-state index contributed by atoms with van der Waals surface area (Å²) in [6, 6.07) is 16.5. The van der Waals surface area contributed by atoms with E-state index < -0.39 is 6.10 Å². The lowest BCUT2D eigenvalue weighted by Crippen LogP contribution is -2.39. The summed E-state index contributed by atoms with van der Waals surface area (Å²) < 4.78 is 18.9. The van der Waals surface area contributed by atoms with Gasteiger partial charge >= 0.3 is 0 Å². The zero-order valence-electron chi connectivity index (χ0n) is 16.1. The lowest BCUT2D eigenvalue weighted by Gasteiger charge is -2.27. The fourth-order valence-electron chi connectivity index (χ4n) is 3.32. The van der Waals surface area contributed by atoms with Crippen LogP contribution in [0.5, 0.6) is 0 Å². The van der Waals surface area contributed by atoms with Gasteiger partial charge in [0.2, 0.25) is 0 Å². The predicted octanol–water partition coefficient (Wildman–Crippen LogP) is 3.22. The molecule has 2 aromatic carbocycles. The van der Waals surface area contributed by atoms with Crippen LogP contribution in [-0.4, -0.2) is 54.2 Å². The van der Waals surface area contributed by atoms with Crippen molar-refractivity contribution in [2.24, 2.45) is 5.16 Å². The summed E-state index contributed by atoms with van der Waals surface area (Å²) in [4.78, 5) is 7.70. The van der Waals surface area contributed by atoms with Gasteiger partial charge in [-0.1, -0.05) is 47.6 Å². The van der Waals surface area contributed by atoms with E-state index in [1.54, 1.807) is 6.07 Å². The molecule has 0 spiro atoms. The van der Waals surface area contributed by atoms with Crippen LogP contribution in [0.1, 0.15) is 24.5 Å². The van der Waals surface area contributed by atoms with Gasteiger partial charge in [-0.3, -0.25) is 4.90 Å². The number of nitrogens with zero attached hydrogens (tertiary/aromatic N) is 2. The van der Waals surface area contributed by atoms with E-state index in [0.717, 1.165) is 16.8 Å². The predicted molar refractivity (Wildman–Crippen MR) is 107 cm³/mol. The topological polar surface area (TPSA) is 54.3 Å². The maximum atomic E-state index is 13.6. The summed E-state index contributed by atoms with van der Waals surface area (Å²) in [5.74, 6) is -0.265. The number of halogens is 1. The van der Waals surface area contributed by atoms with Crippen molar-refractivity contribution in [3.8, 4) is 0 Å². The highest BCUT2D eigenvalue weighted by Gasteiger charge is 2.25. The number of aliphatic hydroxyl groups is 1. The van der Waals surface area contributed by atoms with E-state index in [-0.39, 0.29) is 18.5 Å². The fourth-order valence-corrected chi connectivity index (χ4v) is 3.32. The lowest BCUT2D eigenvalue weighted by atomic mass is 10.0. The van der Waals surface area contributed by atoms with E-state index in [1.807, 2.05) is 43.3 Å². The minimum Gasteiger partial charge on any atom is -0.390 e. The fraction of sp³-hybridized carbons (Fsp3) is 0.409. The second kappa shape index (κ2) is 10.3. The Morgan fingerprint density at radius 2 is 2.07 bits per heavy atom. The molecule has 6 heteroatoms. The summed E-state index contributed by atoms with van der Waals surface area (Å²) >= 11 is 0. The molecule has 2 aromatic rings. The van der Waals surface area contributed by atoms with Crippen LogP contribution in [0.4, 0.5) is 4.39 Å². The molecule has 0 radical (unpaired) electrons. The highest BCUT2D eigenvalue weighted by atomic mass is 19.1. The van der Waals surface area contributed by atoms with Crippen LogP contribution in [0.15, 0.2) is 59.8 Å². The molecule has 3 rings (SSSR count). The summed E-state index contributed by atoms with van der Waals surface area (Å²) in [7, 11) is 0. The molecule has 0 fully saturated rings. The zero-order chi connectivity index (χ0) is 19.8. The van der Waals surface area contributed by atoms with Crippen molar-refractivity contribution in [3.05, 3.63) is 71.5 Å². The van der Waals surface area contributed by atoms with Crippen LogP contribution >= 0.6 is 0 Å². The first-order valence-electron chi connectivity index (χ1n) is 9.64. The minimum atomic E-state index is -0.621. The Morgan fingerprint density at radius 3 is 2.82 bits per heavy atom. The number of oxime groups is 1. The van der Waals surface area contributed by atoms with Gasteiger partial charge in [-0.05, 0) is 30.2 Å². The van der Waals surface area contributed by atoms with Crippen molar-refractivity contribution in [2.45, 2.75) is 32.1 Å². The van der Waals surface area contributed by atoms with Crippen molar-refractivity contribution < 1.29 is 19.1 Å². The van der Waals surface area contributed by atoms with Gasteiger partial charge in [0, 0.05) is 32.7 Å². The Balaban J connectivity index is 1.62. The first kappa shape index (κ1) is 20.5. The molecule has 0 unspecified atom stereocenters. The second-order valence-corrected chi connectivity index (χ2v) is 6.97. The van der Waals surface area contributed by atoms with E-state index in [1.165, 1.54) is 12.1 Å². The summed E-state index contributed by atoms with van der Waals surface area (Å²) in [6.45, 7) is 4.23. The first-order chi connectivity index (χ1) is 13.6. The summed E-state index contributed by atoms with van der Waals surface area (Å²) in [5.41, 5.74) is 2.83.